The summed E-state index contributed by atoms with van der Waals surface area (Å²) in [5, 5.41) is 9.88. The quantitative estimate of drug-likeness (QED) is 0.872. The van der Waals surface area contributed by atoms with Crippen LogP contribution in [0.4, 0.5) is 4.79 Å². The first kappa shape index (κ1) is 11.1. The van der Waals surface area contributed by atoms with Gasteiger partial charge in [0.2, 0.25) is 11.8 Å². The van der Waals surface area contributed by atoms with Crippen LogP contribution in [0.1, 0.15) is 11.8 Å². The fourth-order valence-electron chi connectivity index (χ4n) is 1.19. The zero-order valence-electron chi connectivity index (χ0n) is 9.21. The molecule has 0 bridgehead atoms. The molecule has 6 nitrogen and oxygen atoms in total. The summed E-state index contributed by atoms with van der Waals surface area (Å²) in [5.41, 5.74) is 0. The van der Waals surface area contributed by atoms with Crippen LogP contribution in [-0.4, -0.2) is 16.3 Å². The molecule has 0 fully saturated rings. The summed E-state index contributed by atoms with van der Waals surface area (Å²) in [6, 6.07) is 8.78. The van der Waals surface area contributed by atoms with Crippen LogP contribution < -0.4 is 10.1 Å². The summed E-state index contributed by atoms with van der Waals surface area (Å²) in [7, 11) is 0. The monoisotopic (exact) mass is 233 g/mol. The van der Waals surface area contributed by atoms with E-state index in [4.69, 9.17) is 9.15 Å². The van der Waals surface area contributed by atoms with Crippen molar-refractivity contribution >= 4 is 6.09 Å². The molecule has 0 spiro atoms. The number of amides is 1. The summed E-state index contributed by atoms with van der Waals surface area (Å²) in [6.45, 7) is 1.82. The van der Waals surface area contributed by atoms with E-state index in [0.717, 1.165) is 0 Å². The number of ether oxygens (including phenoxy) is 1. The lowest BCUT2D eigenvalue weighted by Crippen LogP contribution is -2.26. The van der Waals surface area contributed by atoms with Crippen molar-refractivity contribution in [1.29, 1.82) is 0 Å². The van der Waals surface area contributed by atoms with Crippen molar-refractivity contribution in [2.45, 2.75) is 13.5 Å². The van der Waals surface area contributed by atoms with Gasteiger partial charge in [0, 0.05) is 6.92 Å². The average Bonchev–Trinajstić information content (AvgIpc) is 2.74. The second-order valence-corrected chi connectivity index (χ2v) is 3.27. The Kier molecular flexibility index (Phi) is 3.34. The van der Waals surface area contributed by atoms with Crippen LogP contribution in [0.25, 0.3) is 0 Å². The van der Waals surface area contributed by atoms with Gasteiger partial charge in [-0.1, -0.05) is 18.2 Å². The third kappa shape index (κ3) is 3.30. The van der Waals surface area contributed by atoms with Gasteiger partial charge in [-0.15, -0.1) is 10.2 Å². The molecule has 6 heteroatoms. The lowest BCUT2D eigenvalue weighted by atomic mass is 10.3. The minimum absolute atomic E-state index is 0.145. The smallest absolute Gasteiger partial charge is 0.413 e. The molecule has 0 atom stereocenters. The van der Waals surface area contributed by atoms with Crippen molar-refractivity contribution < 1.29 is 13.9 Å². The Morgan fingerprint density at radius 2 is 2.12 bits per heavy atom. The molecule has 1 N–H and O–H groups in total. The number of nitrogens with zero attached hydrogens (tertiary/aromatic N) is 2. The SMILES string of the molecule is Cc1nnc(CNC(=O)Oc2ccccc2)o1. The van der Waals surface area contributed by atoms with Gasteiger partial charge in [-0.3, -0.25) is 0 Å². The van der Waals surface area contributed by atoms with Crippen LogP contribution in [0.15, 0.2) is 34.7 Å². The van der Waals surface area contributed by atoms with Crippen molar-refractivity contribution in [3.05, 3.63) is 42.1 Å². The van der Waals surface area contributed by atoms with Gasteiger partial charge >= 0.3 is 6.09 Å². The summed E-state index contributed by atoms with van der Waals surface area (Å²) >= 11 is 0. The minimum Gasteiger partial charge on any atom is -0.424 e. The lowest BCUT2D eigenvalue weighted by Gasteiger charge is -2.03. The van der Waals surface area contributed by atoms with E-state index >= 15 is 0 Å². The fourth-order valence-corrected chi connectivity index (χ4v) is 1.19. The van der Waals surface area contributed by atoms with E-state index in [1.807, 2.05) is 6.07 Å². The Morgan fingerprint density at radius 1 is 1.35 bits per heavy atom. The number of hydrogen-bond donors (Lipinski definition) is 1. The Bertz CT molecular complexity index is 496. The van der Waals surface area contributed by atoms with Gasteiger partial charge < -0.3 is 14.5 Å². The van der Waals surface area contributed by atoms with Gasteiger partial charge in [-0.05, 0) is 12.1 Å². The predicted octanol–water partition coefficient (Wildman–Crippen LogP) is 1.67. The molecule has 0 radical (unpaired) electrons. The lowest BCUT2D eigenvalue weighted by molar-refractivity contribution is 0.198. The van der Waals surface area contributed by atoms with E-state index in [1.165, 1.54) is 0 Å². The number of para-hydroxylation sites is 1. The van der Waals surface area contributed by atoms with Crippen molar-refractivity contribution in [1.82, 2.24) is 15.5 Å². The Labute approximate surface area is 97.6 Å². The number of nitrogens with one attached hydrogen (secondary N) is 1. The first-order valence-electron chi connectivity index (χ1n) is 5.04. The normalized spacial score (nSPS) is 9.94. The number of benzene rings is 1. The topological polar surface area (TPSA) is 77.2 Å². The van der Waals surface area contributed by atoms with Crippen LogP contribution >= 0.6 is 0 Å². The molecule has 2 rings (SSSR count). The van der Waals surface area contributed by atoms with Crippen LogP contribution in [-0.2, 0) is 6.54 Å². The molecule has 0 aliphatic carbocycles. The van der Waals surface area contributed by atoms with Crippen LogP contribution in [0.3, 0.4) is 0 Å². The summed E-state index contributed by atoms with van der Waals surface area (Å²) < 4.78 is 10.1. The van der Waals surface area contributed by atoms with Crippen molar-refractivity contribution in [3.63, 3.8) is 0 Å². The number of carbonyl (C=O) groups is 1. The van der Waals surface area contributed by atoms with E-state index in [-0.39, 0.29) is 6.54 Å². The highest BCUT2D eigenvalue weighted by atomic mass is 16.6. The molecular formula is C11H11N3O3. The zero-order valence-corrected chi connectivity index (χ0v) is 9.21. The first-order chi connectivity index (χ1) is 8.24. The van der Waals surface area contributed by atoms with Crippen LogP contribution in [0, 0.1) is 6.92 Å². The molecule has 0 saturated heterocycles. The molecule has 17 heavy (non-hydrogen) atoms. The second kappa shape index (κ2) is 5.11. The standard InChI is InChI=1S/C11H11N3O3/c1-8-13-14-10(16-8)7-12-11(15)17-9-5-3-2-4-6-9/h2-6H,7H2,1H3,(H,12,15). The summed E-state index contributed by atoms with van der Waals surface area (Å²) in [4.78, 5) is 11.4. The van der Waals surface area contributed by atoms with E-state index in [0.29, 0.717) is 17.5 Å². The number of aryl methyl sites for hydroxylation is 1. The highest BCUT2D eigenvalue weighted by molar-refractivity contribution is 5.70. The highest BCUT2D eigenvalue weighted by Crippen LogP contribution is 2.08. The van der Waals surface area contributed by atoms with E-state index in [2.05, 4.69) is 15.5 Å². The van der Waals surface area contributed by atoms with Crippen LogP contribution in [0.5, 0.6) is 5.75 Å². The molecule has 1 aromatic heterocycles. The third-order valence-electron chi connectivity index (χ3n) is 1.91. The van der Waals surface area contributed by atoms with E-state index < -0.39 is 6.09 Å². The maximum atomic E-state index is 11.4. The number of rotatable bonds is 3. The molecular weight excluding hydrogens is 222 g/mol. The van der Waals surface area contributed by atoms with E-state index in [9.17, 15) is 4.79 Å². The molecule has 88 valence electrons. The van der Waals surface area contributed by atoms with Gasteiger partial charge in [-0.2, -0.15) is 0 Å². The zero-order chi connectivity index (χ0) is 12.1. The average molecular weight is 233 g/mol. The van der Waals surface area contributed by atoms with E-state index in [1.54, 1.807) is 31.2 Å². The Balaban J connectivity index is 1.82. The minimum atomic E-state index is -0.563. The largest absolute Gasteiger partial charge is 0.424 e. The van der Waals surface area contributed by atoms with Crippen molar-refractivity contribution in [2.24, 2.45) is 0 Å². The Hall–Kier alpha value is -2.37. The van der Waals surface area contributed by atoms with Gasteiger partial charge in [0.15, 0.2) is 0 Å². The molecule has 1 heterocycles. The van der Waals surface area contributed by atoms with Crippen molar-refractivity contribution in [3.8, 4) is 5.75 Å². The van der Waals surface area contributed by atoms with Gasteiger partial charge in [-0.25, -0.2) is 4.79 Å². The molecule has 0 aliphatic heterocycles. The number of carbonyl (C=O) groups excluding carboxylic acids is 1. The molecule has 0 saturated carbocycles. The Morgan fingerprint density at radius 3 is 2.76 bits per heavy atom. The molecule has 2 aromatic rings. The molecule has 0 aliphatic rings. The van der Waals surface area contributed by atoms with Crippen molar-refractivity contribution in [2.75, 3.05) is 0 Å². The fraction of sp³-hybridized carbons (Fsp3) is 0.182. The number of aromatic nitrogens is 2. The molecule has 0 unspecified atom stereocenters. The third-order valence-corrected chi connectivity index (χ3v) is 1.91. The van der Waals surface area contributed by atoms with Crippen LogP contribution in [0.2, 0.25) is 0 Å². The number of hydrogen-bond acceptors (Lipinski definition) is 5. The second-order valence-electron chi connectivity index (χ2n) is 3.27. The van der Waals surface area contributed by atoms with Gasteiger partial charge in [0.05, 0.1) is 6.54 Å². The molecule has 1 aromatic carbocycles. The van der Waals surface area contributed by atoms with Gasteiger partial charge in [0.25, 0.3) is 0 Å². The first-order valence-corrected chi connectivity index (χ1v) is 5.04. The predicted molar refractivity (Wildman–Crippen MR) is 58.3 cm³/mol. The van der Waals surface area contributed by atoms with Gasteiger partial charge in [0.1, 0.15) is 5.75 Å². The summed E-state index contributed by atoms with van der Waals surface area (Å²) in [5.74, 6) is 1.28. The highest BCUT2D eigenvalue weighted by Gasteiger charge is 2.06. The summed E-state index contributed by atoms with van der Waals surface area (Å²) in [6.07, 6.45) is -0.563. The maximum absolute atomic E-state index is 11.4. The maximum Gasteiger partial charge on any atom is 0.413 e. The molecule has 1 amide bonds.